The van der Waals surface area contributed by atoms with Crippen LogP contribution in [0.1, 0.15) is 17.1 Å². The van der Waals surface area contributed by atoms with Crippen LogP contribution in [-0.2, 0) is 9.47 Å². The van der Waals surface area contributed by atoms with Crippen LogP contribution in [0.5, 0.6) is 0 Å². The van der Waals surface area contributed by atoms with Crippen molar-refractivity contribution in [1.82, 2.24) is 14.9 Å². The topological polar surface area (TPSA) is 59.5 Å². The lowest BCUT2D eigenvalue weighted by molar-refractivity contribution is -0.135. The van der Waals surface area contributed by atoms with Gasteiger partial charge in [0.05, 0.1) is 32.0 Å². The van der Waals surface area contributed by atoms with Crippen molar-refractivity contribution >= 4 is 5.82 Å². The number of anilines is 1. The van der Waals surface area contributed by atoms with E-state index >= 15 is 0 Å². The third kappa shape index (κ3) is 2.88. The van der Waals surface area contributed by atoms with E-state index in [1.807, 2.05) is 13.8 Å². The Labute approximate surface area is 125 Å². The third-order valence-corrected chi connectivity index (χ3v) is 4.51. The molecule has 0 radical (unpaired) electrons. The van der Waals surface area contributed by atoms with Gasteiger partial charge in [0.25, 0.3) is 0 Å². The van der Waals surface area contributed by atoms with Crippen molar-refractivity contribution in [3.05, 3.63) is 17.1 Å². The molecule has 2 fully saturated rings. The first-order valence-electron chi connectivity index (χ1n) is 7.57. The first kappa shape index (κ1) is 14.7. The molecule has 2 aliphatic heterocycles. The van der Waals surface area contributed by atoms with Gasteiger partial charge in [0.15, 0.2) is 0 Å². The zero-order chi connectivity index (χ0) is 14.9. The van der Waals surface area contributed by atoms with E-state index in [-0.39, 0.29) is 5.54 Å². The van der Waals surface area contributed by atoms with Gasteiger partial charge in [-0.2, -0.15) is 0 Å². The number of nitrogens with zero attached hydrogens (tertiary/aromatic N) is 3. The molecule has 0 aromatic carbocycles. The van der Waals surface area contributed by atoms with Crippen LogP contribution in [0, 0.1) is 20.8 Å². The van der Waals surface area contributed by atoms with Gasteiger partial charge < -0.3 is 14.8 Å². The highest BCUT2D eigenvalue weighted by Crippen LogP contribution is 2.25. The molecule has 0 aliphatic carbocycles. The van der Waals surface area contributed by atoms with Crippen molar-refractivity contribution in [3.8, 4) is 0 Å². The molecule has 3 heterocycles. The van der Waals surface area contributed by atoms with E-state index in [1.54, 1.807) is 0 Å². The fourth-order valence-electron chi connectivity index (χ4n) is 3.09. The maximum Gasteiger partial charge on any atom is 0.132 e. The van der Waals surface area contributed by atoms with Gasteiger partial charge in [0.1, 0.15) is 11.6 Å². The SMILES string of the molecule is Cc1nc(C)c(C)c(NCC23COCCN2CCOC3)n1. The summed E-state index contributed by atoms with van der Waals surface area (Å²) in [6.07, 6.45) is 0. The molecule has 2 saturated heterocycles. The van der Waals surface area contributed by atoms with Crippen molar-refractivity contribution in [2.45, 2.75) is 26.3 Å². The Balaban J connectivity index is 1.76. The van der Waals surface area contributed by atoms with Crippen LogP contribution in [0.3, 0.4) is 0 Å². The van der Waals surface area contributed by atoms with Crippen LogP contribution >= 0.6 is 0 Å². The Kier molecular flexibility index (Phi) is 4.10. The first-order chi connectivity index (χ1) is 10.1. The average molecular weight is 292 g/mol. The molecule has 116 valence electrons. The second-order valence-corrected chi connectivity index (χ2v) is 6.00. The summed E-state index contributed by atoms with van der Waals surface area (Å²) in [6.45, 7) is 11.8. The quantitative estimate of drug-likeness (QED) is 0.894. The molecule has 0 saturated carbocycles. The number of hydrogen-bond acceptors (Lipinski definition) is 6. The molecule has 21 heavy (non-hydrogen) atoms. The summed E-state index contributed by atoms with van der Waals surface area (Å²) in [5, 5.41) is 3.50. The van der Waals surface area contributed by atoms with E-state index in [1.165, 1.54) is 0 Å². The fourth-order valence-corrected chi connectivity index (χ4v) is 3.09. The van der Waals surface area contributed by atoms with E-state index in [2.05, 4.69) is 27.1 Å². The van der Waals surface area contributed by atoms with E-state index < -0.39 is 0 Å². The molecule has 1 aromatic rings. The summed E-state index contributed by atoms with van der Waals surface area (Å²) in [4.78, 5) is 11.4. The fraction of sp³-hybridized carbons (Fsp3) is 0.733. The van der Waals surface area contributed by atoms with Crippen LogP contribution < -0.4 is 5.32 Å². The van der Waals surface area contributed by atoms with E-state index in [4.69, 9.17) is 9.47 Å². The lowest BCUT2D eigenvalue weighted by Crippen LogP contribution is -2.66. The predicted octanol–water partition coefficient (Wildman–Crippen LogP) is 0.915. The number of aromatic nitrogens is 2. The normalized spacial score (nSPS) is 21.9. The van der Waals surface area contributed by atoms with Gasteiger partial charge in [-0.3, -0.25) is 4.90 Å². The highest BCUT2D eigenvalue weighted by molar-refractivity contribution is 5.45. The zero-order valence-corrected chi connectivity index (χ0v) is 13.1. The summed E-state index contributed by atoms with van der Waals surface area (Å²) in [6, 6.07) is 0. The van der Waals surface area contributed by atoms with Gasteiger partial charge in [0, 0.05) is 30.9 Å². The van der Waals surface area contributed by atoms with Crippen molar-refractivity contribution < 1.29 is 9.47 Å². The lowest BCUT2D eigenvalue weighted by atomic mass is 9.96. The molecular formula is C15H24N4O2. The molecule has 0 amide bonds. The third-order valence-electron chi connectivity index (χ3n) is 4.51. The minimum absolute atomic E-state index is 0.0737. The molecular weight excluding hydrogens is 268 g/mol. The number of fused-ring (bicyclic) bond motifs is 1. The maximum absolute atomic E-state index is 5.71. The Morgan fingerprint density at radius 3 is 2.43 bits per heavy atom. The highest BCUT2D eigenvalue weighted by Gasteiger charge is 2.42. The van der Waals surface area contributed by atoms with Gasteiger partial charge in [-0.25, -0.2) is 9.97 Å². The zero-order valence-electron chi connectivity index (χ0n) is 13.1. The Hall–Kier alpha value is -1.24. The second kappa shape index (κ2) is 5.87. The Bertz CT molecular complexity index is 509. The summed E-state index contributed by atoms with van der Waals surface area (Å²) in [5.74, 6) is 1.72. The molecule has 1 N–H and O–H groups in total. The number of aryl methyl sites for hydroxylation is 2. The Morgan fingerprint density at radius 1 is 1.10 bits per heavy atom. The van der Waals surface area contributed by atoms with Crippen LogP contribution in [-0.4, -0.2) is 66.5 Å². The Morgan fingerprint density at radius 2 is 1.76 bits per heavy atom. The number of morpholine rings is 2. The summed E-state index contributed by atoms with van der Waals surface area (Å²) >= 11 is 0. The van der Waals surface area contributed by atoms with Crippen molar-refractivity contribution in [3.63, 3.8) is 0 Å². The molecule has 6 nitrogen and oxygen atoms in total. The molecule has 6 heteroatoms. The highest BCUT2D eigenvalue weighted by atomic mass is 16.5. The first-order valence-corrected chi connectivity index (χ1v) is 7.57. The molecule has 0 atom stereocenters. The predicted molar refractivity (Wildman–Crippen MR) is 80.7 cm³/mol. The largest absolute Gasteiger partial charge is 0.378 e. The maximum atomic E-state index is 5.71. The number of ether oxygens (including phenoxy) is 2. The van der Waals surface area contributed by atoms with Crippen molar-refractivity contribution in [2.75, 3.05) is 51.4 Å². The van der Waals surface area contributed by atoms with Crippen LogP contribution in [0.15, 0.2) is 0 Å². The van der Waals surface area contributed by atoms with E-state index in [9.17, 15) is 0 Å². The van der Waals surface area contributed by atoms with Crippen LogP contribution in [0.25, 0.3) is 0 Å². The molecule has 0 bridgehead atoms. The summed E-state index contributed by atoms with van der Waals surface area (Å²) in [5.41, 5.74) is 2.06. The number of hydrogen-bond donors (Lipinski definition) is 1. The standard InChI is InChI=1S/C15H24N4O2/c1-11-12(2)17-13(3)18-14(11)16-8-15-9-20-6-4-19(15)5-7-21-10-15/h4-10H2,1-3H3,(H,16,17,18). The van der Waals surface area contributed by atoms with Gasteiger partial charge >= 0.3 is 0 Å². The summed E-state index contributed by atoms with van der Waals surface area (Å²) < 4.78 is 11.4. The van der Waals surface area contributed by atoms with Crippen molar-refractivity contribution in [1.29, 1.82) is 0 Å². The van der Waals surface area contributed by atoms with Gasteiger partial charge in [-0.15, -0.1) is 0 Å². The summed E-state index contributed by atoms with van der Waals surface area (Å²) in [7, 11) is 0. The van der Waals surface area contributed by atoms with Crippen molar-refractivity contribution in [2.24, 2.45) is 0 Å². The average Bonchev–Trinajstić information content (AvgIpc) is 2.49. The number of rotatable bonds is 3. The minimum atomic E-state index is -0.0737. The lowest BCUT2D eigenvalue weighted by Gasteiger charge is -2.49. The second-order valence-electron chi connectivity index (χ2n) is 6.00. The van der Waals surface area contributed by atoms with E-state index in [0.717, 1.165) is 55.7 Å². The molecule has 3 rings (SSSR count). The van der Waals surface area contributed by atoms with Crippen LogP contribution in [0.2, 0.25) is 0 Å². The van der Waals surface area contributed by atoms with E-state index in [0.29, 0.717) is 13.2 Å². The monoisotopic (exact) mass is 292 g/mol. The smallest absolute Gasteiger partial charge is 0.132 e. The van der Waals surface area contributed by atoms with Gasteiger partial charge in [-0.05, 0) is 20.8 Å². The molecule has 0 unspecified atom stereocenters. The van der Waals surface area contributed by atoms with Crippen LogP contribution in [0.4, 0.5) is 5.82 Å². The number of nitrogens with one attached hydrogen (secondary N) is 1. The molecule has 1 aromatic heterocycles. The minimum Gasteiger partial charge on any atom is -0.378 e. The molecule has 0 spiro atoms. The molecule has 2 aliphatic rings. The van der Waals surface area contributed by atoms with Gasteiger partial charge in [-0.1, -0.05) is 0 Å². The van der Waals surface area contributed by atoms with Gasteiger partial charge in [0.2, 0.25) is 0 Å².